The number of hydrogen-bond donors (Lipinski definition) is 2. The van der Waals surface area contributed by atoms with E-state index < -0.39 is 22.5 Å². The number of sulfonamides is 1. The first-order valence-electron chi connectivity index (χ1n) is 5.85. The largest absolute Gasteiger partial charge is 0.508 e. The summed E-state index contributed by atoms with van der Waals surface area (Å²) in [6.45, 7) is -0.734. The van der Waals surface area contributed by atoms with Crippen molar-refractivity contribution in [3.63, 3.8) is 0 Å². The molecule has 0 atom stereocenters. The van der Waals surface area contributed by atoms with Crippen LogP contribution in [-0.4, -0.2) is 36.1 Å². The second-order valence-corrected chi connectivity index (χ2v) is 5.97. The van der Waals surface area contributed by atoms with Gasteiger partial charge in [0.2, 0.25) is 0 Å². The van der Waals surface area contributed by atoms with Gasteiger partial charge in [0.05, 0.1) is 5.69 Å². The van der Waals surface area contributed by atoms with Crippen molar-refractivity contribution in [2.75, 3.05) is 10.8 Å². The molecule has 0 aliphatic heterocycles. The molecule has 0 unspecified atom stereocenters. The van der Waals surface area contributed by atoms with Crippen molar-refractivity contribution in [1.29, 1.82) is 0 Å². The predicted molar refractivity (Wildman–Crippen MR) is 74.5 cm³/mol. The molecule has 21 heavy (non-hydrogen) atoms. The van der Waals surface area contributed by atoms with Gasteiger partial charge < -0.3 is 10.2 Å². The van der Waals surface area contributed by atoms with Crippen LogP contribution in [0.2, 0.25) is 0 Å². The molecule has 0 amide bonds. The Balaban J connectivity index is 2.50. The van der Waals surface area contributed by atoms with Crippen LogP contribution in [0.5, 0.6) is 5.75 Å². The standard InChI is InChI=1S/C13H12N2O5S/c16-11-5-3-10(4-6-11)15(9-13(17)18)21(19,20)12-2-1-7-14-8-12/h1-8,16H,9H2,(H,17,18). The Morgan fingerprint density at radius 2 is 1.86 bits per heavy atom. The number of aromatic nitrogens is 1. The van der Waals surface area contributed by atoms with E-state index in [2.05, 4.69) is 4.98 Å². The van der Waals surface area contributed by atoms with Crippen LogP contribution in [0.4, 0.5) is 5.69 Å². The summed E-state index contributed by atoms with van der Waals surface area (Å²) < 4.78 is 25.8. The van der Waals surface area contributed by atoms with Crippen molar-refractivity contribution in [1.82, 2.24) is 4.98 Å². The third kappa shape index (κ3) is 3.29. The first-order valence-corrected chi connectivity index (χ1v) is 7.29. The zero-order valence-corrected chi connectivity index (χ0v) is 11.6. The van der Waals surface area contributed by atoms with Gasteiger partial charge in [-0.1, -0.05) is 0 Å². The van der Waals surface area contributed by atoms with Gasteiger partial charge in [0.25, 0.3) is 10.0 Å². The highest BCUT2D eigenvalue weighted by molar-refractivity contribution is 7.92. The third-order valence-electron chi connectivity index (χ3n) is 2.64. The summed E-state index contributed by atoms with van der Waals surface area (Å²) in [5.41, 5.74) is 0.138. The maximum atomic E-state index is 12.5. The van der Waals surface area contributed by atoms with Crippen LogP contribution in [0.3, 0.4) is 0 Å². The van der Waals surface area contributed by atoms with Gasteiger partial charge in [0, 0.05) is 12.4 Å². The summed E-state index contributed by atoms with van der Waals surface area (Å²) in [6.07, 6.45) is 2.56. The molecule has 0 aliphatic rings. The van der Waals surface area contributed by atoms with Gasteiger partial charge in [-0.3, -0.25) is 14.1 Å². The first-order chi connectivity index (χ1) is 9.91. The molecule has 0 bridgehead atoms. The Kier molecular flexibility index (Phi) is 4.08. The molecule has 0 fully saturated rings. The van der Waals surface area contributed by atoms with E-state index in [1.54, 1.807) is 0 Å². The van der Waals surface area contributed by atoms with Crippen LogP contribution < -0.4 is 4.31 Å². The predicted octanol–water partition coefficient (Wildman–Crippen LogP) is 1.07. The van der Waals surface area contributed by atoms with Gasteiger partial charge >= 0.3 is 5.97 Å². The molecule has 0 radical (unpaired) electrons. The average molecular weight is 308 g/mol. The summed E-state index contributed by atoms with van der Waals surface area (Å²) in [5, 5.41) is 18.2. The topological polar surface area (TPSA) is 108 Å². The first kappa shape index (κ1) is 14.8. The monoisotopic (exact) mass is 308 g/mol. The molecule has 0 saturated carbocycles. The smallest absolute Gasteiger partial charge is 0.324 e. The van der Waals surface area contributed by atoms with Gasteiger partial charge in [-0.2, -0.15) is 0 Å². The summed E-state index contributed by atoms with van der Waals surface area (Å²) >= 11 is 0. The number of aromatic hydroxyl groups is 1. The number of carbonyl (C=O) groups is 1. The van der Waals surface area contributed by atoms with Crippen LogP contribution in [0.25, 0.3) is 0 Å². The maximum Gasteiger partial charge on any atom is 0.324 e. The fourth-order valence-electron chi connectivity index (χ4n) is 1.68. The quantitative estimate of drug-likeness (QED) is 0.855. The lowest BCUT2D eigenvalue weighted by Crippen LogP contribution is -2.35. The van der Waals surface area contributed by atoms with Gasteiger partial charge in [-0.15, -0.1) is 0 Å². The molecule has 0 saturated heterocycles. The maximum absolute atomic E-state index is 12.5. The normalized spacial score (nSPS) is 11.0. The van der Waals surface area contributed by atoms with Crippen molar-refractivity contribution >= 4 is 21.7 Å². The fraction of sp³-hybridized carbons (Fsp3) is 0.0769. The Hall–Kier alpha value is -2.61. The lowest BCUT2D eigenvalue weighted by molar-refractivity contribution is -0.135. The average Bonchev–Trinajstić information content (AvgIpc) is 2.46. The molecule has 1 aromatic heterocycles. The van der Waals surface area contributed by atoms with E-state index in [-0.39, 0.29) is 16.3 Å². The number of carboxylic acid groups (broad SMARTS) is 1. The molecule has 8 heteroatoms. The highest BCUT2D eigenvalue weighted by atomic mass is 32.2. The highest BCUT2D eigenvalue weighted by Crippen LogP contribution is 2.24. The molecule has 0 aliphatic carbocycles. The van der Waals surface area contributed by atoms with Crippen LogP contribution in [0, 0.1) is 0 Å². The summed E-state index contributed by atoms with van der Waals surface area (Å²) in [7, 11) is -4.05. The molecular weight excluding hydrogens is 296 g/mol. The zero-order valence-electron chi connectivity index (χ0n) is 10.7. The fourth-order valence-corrected chi connectivity index (χ4v) is 3.06. The Bertz CT molecular complexity index is 729. The van der Waals surface area contributed by atoms with E-state index in [0.717, 1.165) is 10.5 Å². The van der Waals surface area contributed by atoms with E-state index in [0.29, 0.717) is 0 Å². The summed E-state index contributed by atoms with van der Waals surface area (Å²) in [4.78, 5) is 14.6. The second-order valence-electron chi connectivity index (χ2n) is 4.11. The van der Waals surface area contributed by atoms with Gasteiger partial charge in [0.15, 0.2) is 0 Å². The molecular formula is C13H12N2O5S. The van der Waals surface area contributed by atoms with E-state index in [1.807, 2.05) is 0 Å². The number of carboxylic acids is 1. The molecule has 7 nitrogen and oxygen atoms in total. The van der Waals surface area contributed by atoms with Gasteiger partial charge in [0.1, 0.15) is 17.2 Å². The van der Waals surface area contributed by atoms with E-state index in [4.69, 9.17) is 5.11 Å². The second kappa shape index (κ2) is 5.80. The number of rotatable bonds is 5. The number of pyridine rings is 1. The van der Waals surface area contributed by atoms with E-state index in [9.17, 15) is 18.3 Å². The molecule has 1 aromatic carbocycles. The number of anilines is 1. The van der Waals surface area contributed by atoms with Crippen molar-refractivity contribution < 1.29 is 23.4 Å². The van der Waals surface area contributed by atoms with Crippen LogP contribution in [-0.2, 0) is 14.8 Å². The molecule has 0 spiro atoms. The lowest BCUT2D eigenvalue weighted by Gasteiger charge is -2.22. The number of phenolic OH excluding ortho intramolecular Hbond substituents is 1. The van der Waals surface area contributed by atoms with Gasteiger partial charge in [-0.05, 0) is 36.4 Å². The van der Waals surface area contributed by atoms with Crippen molar-refractivity contribution in [3.05, 3.63) is 48.8 Å². The number of benzene rings is 1. The third-order valence-corrected chi connectivity index (χ3v) is 4.40. The van der Waals surface area contributed by atoms with Crippen LogP contribution in [0.15, 0.2) is 53.7 Å². The lowest BCUT2D eigenvalue weighted by atomic mass is 10.3. The number of phenols is 1. The molecule has 1 heterocycles. The zero-order chi connectivity index (χ0) is 15.5. The molecule has 2 N–H and O–H groups in total. The van der Waals surface area contributed by atoms with Crippen LogP contribution in [0.1, 0.15) is 0 Å². The number of hydrogen-bond acceptors (Lipinski definition) is 5. The number of nitrogens with zero attached hydrogens (tertiary/aromatic N) is 2. The molecule has 2 aromatic rings. The van der Waals surface area contributed by atoms with E-state index >= 15 is 0 Å². The molecule has 110 valence electrons. The van der Waals surface area contributed by atoms with E-state index in [1.165, 1.54) is 42.6 Å². The highest BCUT2D eigenvalue weighted by Gasteiger charge is 2.27. The summed E-state index contributed by atoms with van der Waals surface area (Å²) in [5.74, 6) is -1.34. The van der Waals surface area contributed by atoms with Crippen molar-refractivity contribution in [3.8, 4) is 5.75 Å². The minimum absolute atomic E-state index is 0.0483. The minimum Gasteiger partial charge on any atom is -0.508 e. The Morgan fingerprint density at radius 1 is 1.19 bits per heavy atom. The summed E-state index contributed by atoms with van der Waals surface area (Å²) in [6, 6.07) is 7.99. The SMILES string of the molecule is O=C(O)CN(c1ccc(O)cc1)S(=O)(=O)c1cccnc1. The molecule has 2 rings (SSSR count). The number of aliphatic carboxylic acids is 1. The van der Waals surface area contributed by atoms with Gasteiger partial charge in [-0.25, -0.2) is 8.42 Å². The van der Waals surface area contributed by atoms with Crippen LogP contribution >= 0.6 is 0 Å². The minimum atomic E-state index is -4.05. The van der Waals surface area contributed by atoms with Crippen molar-refractivity contribution in [2.24, 2.45) is 0 Å². The van der Waals surface area contributed by atoms with Crippen molar-refractivity contribution in [2.45, 2.75) is 4.90 Å². The Labute approximate surface area is 121 Å². The Morgan fingerprint density at radius 3 is 2.38 bits per heavy atom.